The van der Waals surface area contributed by atoms with Gasteiger partial charge in [-0.2, -0.15) is 0 Å². The predicted molar refractivity (Wildman–Crippen MR) is 272 cm³/mol. The van der Waals surface area contributed by atoms with E-state index in [1.54, 1.807) is 0 Å². The Kier molecular flexibility index (Phi) is 10.6. The van der Waals surface area contributed by atoms with Crippen molar-refractivity contribution in [2.24, 2.45) is 0 Å². The molecule has 0 fully saturated rings. The lowest BCUT2D eigenvalue weighted by atomic mass is 9.97. The van der Waals surface area contributed by atoms with E-state index < -0.39 is 0 Å². The van der Waals surface area contributed by atoms with Crippen molar-refractivity contribution in [2.45, 2.75) is 41.5 Å². The summed E-state index contributed by atoms with van der Waals surface area (Å²) in [7, 11) is 0. The molecular weight excluding hydrogens is 779 g/mol. The summed E-state index contributed by atoms with van der Waals surface area (Å²) in [6.07, 6.45) is 0. The summed E-state index contributed by atoms with van der Waals surface area (Å²) in [4.78, 5) is 7.19. The lowest BCUT2D eigenvalue weighted by Crippen LogP contribution is -2.17. The van der Waals surface area contributed by atoms with Crippen molar-refractivity contribution in [3.63, 3.8) is 0 Å². The van der Waals surface area contributed by atoms with Crippen molar-refractivity contribution in [1.82, 2.24) is 0 Å². The molecule has 9 aromatic carbocycles. The SMILES string of the molecule is Cc1ccc(N(c2ccc(C)cc2)c2cc(N(c3ccc(C)cc3)c3ccc(C)cc3)cc(N(c3ccc(C)cc3)c3ccc(C)cc3-c3cccc4c3oc3ccccc34)c2)cc1. The topological polar surface area (TPSA) is 22.9 Å². The second-order valence-corrected chi connectivity index (χ2v) is 17.2. The third-order valence-electron chi connectivity index (χ3n) is 12.2. The summed E-state index contributed by atoms with van der Waals surface area (Å²) >= 11 is 0. The number of hydrogen-bond acceptors (Lipinski definition) is 4. The van der Waals surface area contributed by atoms with Gasteiger partial charge in [0.1, 0.15) is 11.2 Å². The summed E-state index contributed by atoms with van der Waals surface area (Å²) in [5, 5.41) is 2.21. The summed E-state index contributed by atoms with van der Waals surface area (Å²) in [6.45, 7) is 12.9. The van der Waals surface area contributed by atoms with Crippen LogP contribution >= 0.6 is 0 Å². The van der Waals surface area contributed by atoms with Gasteiger partial charge in [0.05, 0.1) is 22.7 Å². The summed E-state index contributed by atoms with van der Waals surface area (Å²) in [6, 6.07) is 72.9. The van der Waals surface area contributed by atoms with Crippen molar-refractivity contribution in [3.8, 4) is 11.1 Å². The molecule has 0 atom stereocenters. The average molecular weight is 830 g/mol. The van der Waals surface area contributed by atoms with Gasteiger partial charge in [0.2, 0.25) is 0 Å². The smallest absolute Gasteiger partial charge is 0.143 e. The summed E-state index contributed by atoms with van der Waals surface area (Å²) in [5.74, 6) is 0. The molecule has 0 saturated heterocycles. The van der Waals surface area contributed by atoms with Gasteiger partial charge >= 0.3 is 0 Å². The fraction of sp³-hybridized carbons (Fsp3) is 0.100. The third-order valence-corrected chi connectivity index (χ3v) is 12.2. The van der Waals surface area contributed by atoms with Crippen molar-refractivity contribution in [1.29, 1.82) is 0 Å². The number of hydrogen-bond donors (Lipinski definition) is 0. The van der Waals surface area contributed by atoms with Gasteiger partial charge in [-0.25, -0.2) is 0 Å². The first kappa shape index (κ1) is 40.3. The van der Waals surface area contributed by atoms with Crippen LogP contribution in [0.5, 0.6) is 0 Å². The van der Waals surface area contributed by atoms with Crippen LogP contribution in [0.15, 0.2) is 205 Å². The number of rotatable bonds is 10. The minimum absolute atomic E-state index is 0.878. The molecule has 0 saturated carbocycles. The molecule has 1 aromatic heterocycles. The minimum Gasteiger partial charge on any atom is -0.455 e. The zero-order valence-electron chi connectivity index (χ0n) is 37.3. The zero-order valence-corrected chi connectivity index (χ0v) is 37.3. The monoisotopic (exact) mass is 829 g/mol. The Labute approximate surface area is 376 Å². The lowest BCUT2D eigenvalue weighted by molar-refractivity contribution is 0.670. The van der Waals surface area contributed by atoms with Crippen molar-refractivity contribution in [2.75, 3.05) is 14.7 Å². The standard InChI is InChI=1S/C60H51N3O/c1-40-14-25-46(26-15-40)61(47-27-16-41(2)17-28-47)51-37-52(62(48-29-18-42(3)19-30-48)49-31-20-43(4)21-32-49)39-53(38-51)63(50-33-22-44(5)23-34-50)58-35-24-45(6)36-57(58)56-12-9-11-55-54-10-7-8-13-59(54)64-60(55)56/h7-39H,1-6H3. The molecule has 4 nitrogen and oxygen atoms in total. The molecule has 0 N–H and O–H groups in total. The highest BCUT2D eigenvalue weighted by Crippen LogP contribution is 2.49. The Morgan fingerprint density at radius 1 is 0.281 bits per heavy atom. The fourth-order valence-electron chi connectivity index (χ4n) is 8.78. The van der Waals surface area contributed by atoms with Gasteiger partial charge in [0.15, 0.2) is 0 Å². The quantitative estimate of drug-likeness (QED) is 0.137. The van der Waals surface area contributed by atoms with E-state index in [-0.39, 0.29) is 0 Å². The van der Waals surface area contributed by atoms with Crippen LogP contribution < -0.4 is 14.7 Å². The molecule has 64 heavy (non-hydrogen) atoms. The molecule has 10 rings (SSSR count). The maximum Gasteiger partial charge on any atom is 0.143 e. The third kappa shape index (κ3) is 7.80. The second-order valence-electron chi connectivity index (χ2n) is 17.2. The van der Waals surface area contributed by atoms with E-state index in [0.717, 1.165) is 84.3 Å². The van der Waals surface area contributed by atoms with Gasteiger partial charge in [0, 0.05) is 50.3 Å². The van der Waals surface area contributed by atoms with Gasteiger partial charge in [-0.05, 0) is 139 Å². The van der Waals surface area contributed by atoms with E-state index in [2.05, 4.69) is 250 Å². The Morgan fingerprint density at radius 2 is 0.656 bits per heavy atom. The normalized spacial score (nSPS) is 11.3. The van der Waals surface area contributed by atoms with Crippen LogP contribution in [0.1, 0.15) is 33.4 Å². The van der Waals surface area contributed by atoms with E-state index in [4.69, 9.17) is 4.42 Å². The molecule has 10 aromatic rings. The molecule has 0 spiro atoms. The van der Waals surface area contributed by atoms with Crippen LogP contribution in [0.3, 0.4) is 0 Å². The van der Waals surface area contributed by atoms with Crippen LogP contribution in [0.2, 0.25) is 0 Å². The molecule has 0 aliphatic carbocycles. The fourth-order valence-corrected chi connectivity index (χ4v) is 8.78. The average Bonchev–Trinajstić information content (AvgIpc) is 3.69. The number of benzene rings is 9. The molecule has 312 valence electrons. The molecular formula is C60H51N3O. The van der Waals surface area contributed by atoms with Gasteiger partial charge in [-0.3, -0.25) is 0 Å². The van der Waals surface area contributed by atoms with Crippen LogP contribution in [0.25, 0.3) is 33.1 Å². The molecule has 1 heterocycles. The lowest BCUT2D eigenvalue weighted by Gasteiger charge is -2.34. The number of para-hydroxylation sites is 2. The maximum atomic E-state index is 6.74. The molecule has 0 bridgehead atoms. The molecule has 0 radical (unpaired) electrons. The molecule has 4 heteroatoms. The van der Waals surface area contributed by atoms with Gasteiger partial charge < -0.3 is 19.1 Å². The minimum atomic E-state index is 0.878. The number of anilines is 9. The van der Waals surface area contributed by atoms with Gasteiger partial charge in [-0.1, -0.05) is 137 Å². The molecule has 0 amide bonds. The van der Waals surface area contributed by atoms with E-state index in [9.17, 15) is 0 Å². The van der Waals surface area contributed by atoms with E-state index >= 15 is 0 Å². The van der Waals surface area contributed by atoms with E-state index in [1.165, 1.54) is 33.4 Å². The number of furan rings is 1. The molecule has 0 aliphatic heterocycles. The van der Waals surface area contributed by atoms with Crippen LogP contribution in [0.4, 0.5) is 51.2 Å². The highest BCUT2D eigenvalue weighted by Gasteiger charge is 2.25. The number of aryl methyl sites for hydroxylation is 6. The highest BCUT2D eigenvalue weighted by atomic mass is 16.3. The van der Waals surface area contributed by atoms with Gasteiger partial charge in [-0.15, -0.1) is 0 Å². The van der Waals surface area contributed by atoms with Gasteiger partial charge in [0.25, 0.3) is 0 Å². The Bertz CT molecular complexity index is 3050. The first-order valence-electron chi connectivity index (χ1n) is 22.1. The Morgan fingerprint density at radius 3 is 1.11 bits per heavy atom. The van der Waals surface area contributed by atoms with Crippen molar-refractivity contribution < 1.29 is 4.42 Å². The summed E-state index contributed by atoms with van der Waals surface area (Å²) in [5.41, 5.74) is 20.5. The van der Waals surface area contributed by atoms with Crippen molar-refractivity contribution in [3.05, 3.63) is 234 Å². The largest absolute Gasteiger partial charge is 0.455 e. The first-order valence-corrected chi connectivity index (χ1v) is 22.1. The van der Waals surface area contributed by atoms with E-state index in [1.807, 2.05) is 6.07 Å². The number of fused-ring (bicyclic) bond motifs is 3. The van der Waals surface area contributed by atoms with Crippen LogP contribution in [-0.4, -0.2) is 0 Å². The van der Waals surface area contributed by atoms with Crippen molar-refractivity contribution >= 4 is 73.1 Å². The number of nitrogens with zero attached hydrogens (tertiary/aromatic N) is 3. The maximum absolute atomic E-state index is 6.74. The Hall–Kier alpha value is -7.82. The zero-order chi connectivity index (χ0) is 43.9. The highest BCUT2D eigenvalue weighted by molar-refractivity contribution is 6.11. The first-order chi connectivity index (χ1) is 31.2. The van der Waals surface area contributed by atoms with Crippen LogP contribution in [0, 0.1) is 41.5 Å². The van der Waals surface area contributed by atoms with E-state index in [0.29, 0.717) is 0 Å². The molecule has 0 aliphatic rings. The predicted octanol–water partition coefficient (Wildman–Crippen LogP) is 17.5. The van der Waals surface area contributed by atoms with Crippen LogP contribution in [-0.2, 0) is 0 Å². The Balaban J connectivity index is 1.29. The molecule has 0 unspecified atom stereocenters. The summed E-state index contributed by atoms with van der Waals surface area (Å²) < 4.78 is 6.74. The second kappa shape index (κ2) is 16.8.